The topological polar surface area (TPSA) is 0 Å². The van der Waals surface area contributed by atoms with Crippen molar-refractivity contribution in [3.8, 4) is 22.3 Å². The molecule has 0 spiro atoms. The van der Waals surface area contributed by atoms with Crippen LogP contribution in [-0.4, -0.2) is 0 Å². The molecule has 0 saturated heterocycles. The molecule has 0 aromatic heterocycles. The SMILES string of the molecule is C.C.C=C/C=C\C(C=Cc1ccc2ccccc2c1)c1ccc2c(-c3c4ccccc4c(-c4ccccc4)c4ccccc34)cccc2c1. The maximum absolute atomic E-state index is 3.94. The zero-order valence-corrected chi connectivity index (χ0v) is 26.2. The summed E-state index contributed by atoms with van der Waals surface area (Å²) in [5.41, 5.74) is 7.52. The van der Waals surface area contributed by atoms with E-state index in [0.717, 1.165) is 0 Å². The Kier molecular flexibility index (Phi) is 9.69. The highest BCUT2D eigenvalue weighted by Crippen LogP contribution is 2.45. The van der Waals surface area contributed by atoms with Gasteiger partial charge in [0.15, 0.2) is 0 Å². The quantitative estimate of drug-likeness (QED) is 0.121. The predicted octanol–water partition coefficient (Wildman–Crippen LogP) is 14.4. The summed E-state index contributed by atoms with van der Waals surface area (Å²) in [5.74, 6) is 0.111. The summed E-state index contributed by atoms with van der Waals surface area (Å²) >= 11 is 0. The highest BCUT2D eigenvalue weighted by atomic mass is 14.2. The van der Waals surface area contributed by atoms with Crippen LogP contribution in [0.5, 0.6) is 0 Å². The largest absolute Gasteiger partial charge is 0.0991 e. The van der Waals surface area contributed by atoms with Crippen molar-refractivity contribution in [2.75, 3.05) is 0 Å². The lowest BCUT2D eigenvalue weighted by Gasteiger charge is -2.19. The molecule has 0 fully saturated rings. The molecule has 8 aromatic rings. The number of allylic oxidation sites excluding steroid dienone is 4. The lowest BCUT2D eigenvalue weighted by molar-refractivity contribution is 1.09. The van der Waals surface area contributed by atoms with Crippen LogP contribution < -0.4 is 0 Å². The molecule has 0 aliphatic rings. The molecule has 0 radical (unpaired) electrons. The molecule has 1 unspecified atom stereocenters. The van der Waals surface area contributed by atoms with Crippen molar-refractivity contribution in [3.05, 3.63) is 200 Å². The minimum atomic E-state index is 0. The normalized spacial score (nSPS) is 12.0. The standard InChI is InChI=1S/C47H34.2CH4/c1-2-3-14-34(27-25-33-26-28-35-15-7-8-18-37(35)31-33)38-29-30-40-39(32-38)19-13-24-41(40)47-44-22-11-9-20-42(44)46(36-16-5-4-6-17-36)43-21-10-12-23-45(43)47;;/h2-32,34H,1H2;2*1H4/b14-3-,27-25?;;. The van der Waals surface area contributed by atoms with E-state index >= 15 is 0 Å². The van der Waals surface area contributed by atoms with E-state index in [2.05, 4.69) is 183 Å². The summed E-state index contributed by atoms with van der Waals surface area (Å²) in [4.78, 5) is 0. The average Bonchev–Trinajstić information content (AvgIpc) is 3.13. The van der Waals surface area contributed by atoms with Crippen molar-refractivity contribution in [1.29, 1.82) is 0 Å². The van der Waals surface area contributed by atoms with E-state index < -0.39 is 0 Å². The zero-order chi connectivity index (χ0) is 31.6. The van der Waals surface area contributed by atoms with Crippen LogP contribution >= 0.6 is 0 Å². The second kappa shape index (κ2) is 14.4. The number of hydrogen-bond acceptors (Lipinski definition) is 0. The molecule has 0 bridgehead atoms. The lowest BCUT2D eigenvalue weighted by Crippen LogP contribution is -1.94. The number of rotatable bonds is 7. The van der Waals surface area contributed by atoms with Gasteiger partial charge in [-0.05, 0) is 82.5 Å². The van der Waals surface area contributed by atoms with E-state index in [0.29, 0.717) is 0 Å². The third kappa shape index (κ3) is 6.22. The Morgan fingerprint density at radius 3 is 1.76 bits per heavy atom. The van der Waals surface area contributed by atoms with Crippen LogP contribution in [-0.2, 0) is 0 Å². The van der Waals surface area contributed by atoms with E-state index in [-0.39, 0.29) is 20.8 Å². The summed E-state index contributed by atoms with van der Waals surface area (Å²) in [6, 6.07) is 57.4. The molecule has 8 rings (SSSR count). The van der Waals surface area contributed by atoms with Crippen molar-refractivity contribution < 1.29 is 0 Å². The first-order chi connectivity index (χ1) is 23.3. The molecule has 8 aromatic carbocycles. The minimum Gasteiger partial charge on any atom is -0.0991 e. The molecule has 0 amide bonds. The average molecular weight is 631 g/mol. The van der Waals surface area contributed by atoms with Gasteiger partial charge in [0.25, 0.3) is 0 Å². The highest BCUT2D eigenvalue weighted by molar-refractivity contribution is 6.23. The Bertz CT molecular complexity index is 2420. The van der Waals surface area contributed by atoms with Gasteiger partial charge in [-0.1, -0.05) is 203 Å². The van der Waals surface area contributed by atoms with Crippen LogP contribution in [0, 0.1) is 0 Å². The van der Waals surface area contributed by atoms with Crippen LogP contribution in [0.1, 0.15) is 31.9 Å². The molecule has 1 atom stereocenters. The van der Waals surface area contributed by atoms with Crippen LogP contribution in [0.3, 0.4) is 0 Å². The second-order valence-electron chi connectivity index (χ2n) is 12.1. The fourth-order valence-electron chi connectivity index (χ4n) is 7.07. The molecule has 238 valence electrons. The van der Waals surface area contributed by atoms with Gasteiger partial charge in [0, 0.05) is 5.92 Å². The van der Waals surface area contributed by atoms with Crippen molar-refractivity contribution in [2.45, 2.75) is 20.8 Å². The molecule has 0 heterocycles. The Balaban J connectivity index is 0.00000208. The van der Waals surface area contributed by atoms with Gasteiger partial charge in [-0.15, -0.1) is 0 Å². The predicted molar refractivity (Wildman–Crippen MR) is 218 cm³/mol. The molecule has 0 N–H and O–H groups in total. The fraction of sp³-hybridized carbons (Fsp3) is 0.0612. The van der Waals surface area contributed by atoms with E-state index in [1.807, 2.05) is 12.2 Å². The van der Waals surface area contributed by atoms with Gasteiger partial charge in [0.1, 0.15) is 0 Å². The van der Waals surface area contributed by atoms with Crippen LogP contribution in [0.25, 0.3) is 71.4 Å². The Morgan fingerprint density at radius 2 is 1.06 bits per heavy atom. The number of hydrogen-bond donors (Lipinski definition) is 0. The summed E-state index contributed by atoms with van der Waals surface area (Å²) in [6.07, 6.45) is 10.6. The Morgan fingerprint density at radius 1 is 0.449 bits per heavy atom. The van der Waals surface area contributed by atoms with E-state index in [9.17, 15) is 0 Å². The van der Waals surface area contributed by atoms with Gasteiger partial charge in [0.05, 0.1) is 0 Å². The first kappa shape index (κ1) is 32.9. The molecular weight excluding hydrogens is 589 g/mol. The highest BCUT2D eigenvalue weighted by Gasteiger charge is 2.18. The van der Waals surface area contributed by atoms with Gasteiger partial charge in [-0.2, -0.15) is 0 Å². The maximum atomic E-state index is 3.94. The molecule has 0 heteroatoms. The Hall–Kier alpha value is -5.98. The summed E-state index contributed by atoms with van der Waals surface area (Å²) in [6.45, 7) is 3.94. The van der Waals surface area contributed by atoms with Gasteiger partial charge in [0.2, 0.25) is 0 Å². The number of fused-ring (bicyclic) bond motifs is 4. The zero-order valence-electron chi connectivity index (χ0n) is 26.2. The molecular formula is C49H42. The fourth-order valence-corrected chi connectivity index (χ4v) is 7.07. The van der Waals surface area contributed by atoms with Gasteiger partial charge >= 0.3 is 0 Å². The van der Waals surface area contributed by atoms with Crippen molar-refractivity contribution in [2.24, 2.45) is 0 Å². The van der Waals surface area contributed by atoms with E-state index in [1.165, 1.54) is 76.5 Å². The van der Waals surface area contributed by atoms with Crippen molar-refractivity contribution in [3.63, 3.8) is 0 Å². The molecule has 49 heavy (non-hydrogen) atoms. The molecule has 0 nitrogen and oxygen atoms in total. The third-order valence-electron chi connectivity index (χ3n) is 9.28. The van der Waals surface area contributed by atoms with Crippen LogP contribution in [0.4, 0.5) is 0 Å². The van der Waals surface area contributed by atoms with Crippen molar-refractivity contribution in [1.82, 2.24) is 0 Å². The summed E-state index contributed by atoms with van der Waals surface area (Å²) in [7, 11) is 0. The van der Waals surface area contributed by atoms with E-state index in [1.54, 1.807) is 0 Å². The lowest BCUT2D eigenvalue weighted by atomic mass is 9.84. The smallest absolute Gasteiger partial charge is 0.0205 e. The van der Waals surface area contributed by atoms with Gasteiger partial charge in [-0.25, -0.2) is 0 Å². The Labute approximate surface area is 291 Å². The molecule has 0 saturated carbocycles. The monoisotopic (exact) mass is 630 g/mol. The molecule has 0 aliphatic carbocycles. The van der Waals surface area contributed by atoms with Crippen molar-refractivity contribution >= 4 is 49.2 Å². The third-order valence-corrected chi connectivity index (χ3v) is 9.28. The first-order valence-electron chi connectivity index (χ1n) is 16.3. The minimum absolute atomic E-state index is 0. The number of benzene rings is 8. The van der Waals surface area contributed by atoms with E-state index in [4.69, 9.17) is 0 Å². The second-order valence-corrected chi connectivity index (χ2v) is 12.1. The summed E-state index contributed by atoms with van der Waals surface area (Å²) < 4.78 is 0. The van der Waals surface area contributed by atoms with Crippen LogP contribution in [0.15, 0.2) is 189 Å². The summed E-state index contributed by atoms with van der Waals surface area (Å²) in [5, 5.41) is 10.1. The van der Waals surface area contributed by atoms with Crippen LogP contribution in [0.2, 0.25) is 0 Å². The van der Waals surface area contributed by atoms with Gasteiger partial charge < -0.3 is 0 Å². The molecule has 0 aliphatic heterocycles. The maximum Gasteiger partial charge on any atom is 0.0205 e. The van der Waals surface area contributed by atoms with Gasteiger partial charge in [-0.3, -0.25) is 0 Å². The first-order valence-corrected chi connectivity index (χ1v) is 16.3.